The van der Waals surface area contributed by atoms with E-state index in [0.717, 1.165) is 18.5 Å². The number of aromatic amines is 1. The Kier molecular flexibility index (Phi) is 3.28. The largest absolute Gasteiger partial charge is 0.490 e. The molecule has 100 valence electrons. The first-order valence-electron chi connectivity index (χ1n) is 5.23. The third-order valence-electron chi connectivity index (χ3n) is 2.48. The number of aromatic nitrogens is 2. The van der Waals surface area contributed by atoms with Gasteiger partial charge in [0.15, 0.2) is 0 Å². The number of rotatable bonds is 2. The molecule has 0 aliphatic rings. The van der Waals surface area contributed by atoms with Crippen LogP contribution in [0.15, 0.2) is 35.4 Å². The molecule has 0 spiro atoms. The fourth-order valence-electron chi connectivity index (χ4n) is 1.62. The van der Waals surface area contributed by atoms with Crippen molar-refractivity contribution in [1.82, 2.24) is 9.97 Å². The van der Waals surface area contributed by atoms with E-state index in [1.807, 2.05) is 0 Å². The molecule has 7 heteroatoms. The fraction of sp³-hybridized carbons (Fsp3) is 0.167. The van der Waals surface area contributed by atoms with E-state index in [2.05, 4.69) is 9.97 Å². The third kappa shape index (κ3) is 2.59. The standard InChI is InChI=1S/C12H9F3N2O2/c1-19-10-9(16-6-17-11(10)18)7-3-2-4-8(5-7)12(13,14)15/h2-6H,1H3,(H,16,17,18). The van der Waals surface area contributed by atoms with Gasteiger partial charge in [-0.15, -0.1) is 0 Å². The van der Waals surface area contributed by atoms with Gasteiger partial charge in [-0.2, -0.15) is 13.2 Å². The number of hydrogen-bond acceptors (Lipinski definition) is 3. The Bertz CT molecular complexity index is 650. The van der Waals surface area contributed by atoms with Crippen molar-refractivity contribution in [3.63, 3.8) is 0 Å². The second kappa shape index (κ2) is 4.75. The fourth-order valence-corrected chi connectivity index (χ4v) is 1.62. The first-order valence-corrected chi connectivity index (χ1v) is 5.23. The molecule has 4 nitrogen and oxygen atoms in total. The van der Waals surface area contributed by atoms with Crippen LogP contribution in [-0.4, -0.2) is 17.1 Å². The van der Waals surface area contributed by atoms with Crippen LogP contribution in [0.25, 0.3) is 11.3 Å². The summed E-state index contributed by atoms with van der Waals surface area (Å²) in [5.74, 6) is -0.123. The minimum Gasteiger partial charge on any atom is -0.490 e. The molecule has 0 atom stereocenters. The molecule has 0 fully saturated rings. The van der Waals surface area contributed by atoms with E-state index < -0.39 is 17.3 Å². The summed E-state index contributed by atoms with van der Waals surface area (Å²) < 4.78 is 42.7. The quantitative estimate of drug-likeness (QED) is 0.912. The highest BCUT2D eigenvalue weighted by molar-refractivity contribution is 5.66. The number of methoxy groups -OCH3 is 1. The minimum atomic E-state index is -4.45. The van der Waals surface area contributed by atoms with E-state index in [1.54, 1.807) is 0 Å². The number of H-pyrrole nitrogens is 1. The molecule has 0 amide bonds. The smallest absolute Gasteiger partial charge is 0.416 e. The molecule has 1 aromatic carbocycles. The van der Waals surface area contributed by atoms with E-state index in [0.29, 0.717) is 0 Å². The summed E-state index contributed by atoms with van der Waals surface area (Å²) in [6.45, 7) is 0. The first kappa shape index (κ1) is 13.1. The van der Waals surface area contributed by atoms with Gasteiger partial charge in [-0.1, -0.05) is 12.1 Å². The van der Waals surface area contributed by atoms with Crippen LogP contribution in [0.1, 0.15) is 5.56 Å². The van der Waals surface area contributed by atoms with Gasteiger partial charge in [-0.25, -0.2) is 4.98 Å². The van der Waals surface area contributed by atoms with Crippen LogP contribution in [-0.2, 0) is 6.18 Å². The van der Waals surface area contributed by atoms with Gasteiger partial charge in [-0.05, 0) is 12.1 Å². The summed E-state index contributed by atoms with van der Waals surface area (Å²) in [6, 6.07) is 4.55. The number of ether oxygens (including phenoxy) is 1. The molecule has 0 aliphatic heterocycles. The lowest BCUT2D eigenvalue weighted by Gasteiger charge is -2.10. The van der Waals surface area contributed by atoms with Gasteiger partial charge in [-0.3, -0.25) is 4.79 Å². The molecule has 0 unspecified atom stereocenters. The van der Waals surface area contributed by atoms with Gasteiger partial charge in [0.2, 0.25) is 5.75 Å². The second-order valence-corrected chi connectivity index (χ2v) is 3.69. The summed E-state index contributed by atoms with van der Waals surface area (Å²) in [5.41, 5.74) is -1.13. The maximum Gasteiger partial charge on any atom is 0.416 e. The van der Waals surface area contributed by atoms with Crippen LogP contribution in [0.2, 0.25) is 0 Å². The van der Waals surface area contributed by atoms with E-state index in [4.69, 9.17) is 4.74 Å². The molecule has 19 heavy (non-hydrogen) atoms. The van der Waals surface area contributed by atoms with Crippen LogP contribution in [0.3, 0.4) is 0 Å². The van der Waals surface area contributed by atoms with Crippen molar-refractivity contribution in [2.75, 3.05) is 7.11 Å². The van der Waals surface area contributed by atoms with Crippen LogP contribution >= 0.6 is 0 Å². The Morgan fingerprint density at radius 3 is 2.68 bits per heavy atom. The zero-order valence-corrected chi connectivity index (χ0v) is 9.78. The maximum absolute atomic E-state index is 12.6. The van der Waals surface area contributed by atoms with Crippen molar-refractivity contribution in [3.05, 3.63) is 46.5 Å². The Hall–Kier alpha value is -2.31. The topological polar surface area (TPSA) is 55.0 Å². The van der Waals surface area contributed by atoms with Crippen LogP contribution in [0, 0.1) is 0 Å². The lowest BCUT2D eigenvalue weighted by molar-refractivity contribution is -0.137. The van der Waals surface area contributed by atoms with Crippen molar-refractivity contribution in [3.8, 4) is 17.0 Å². The summed E-state index contributed by atoms with van der Waals surface area (Å²) >= 11 is 0. The summed E-state index contributed by atoms with van der Waals surface area (Å²) in [6.07, 6.45) is -3.34. The predicted octanol–water partition coefficient (Wildman–Crippen LogP) is 2.46. The molecule has 0 saturated carbocycles. The summed E-state index contributed by atoms with van der Waals surface area (Å²) in [5, 5.41) is 0. The van der Waals surface area contributed by atoms with Crippen molar-refractivity contribution >= 4 is 0 Å². The normalized spacial score (nSPS) is 11.4. The zero-order chi connectivity index (χ0) is 14.0. The summed E-state index contributed by atoms with van der Waals surface area (Å²) in [4.78, 5) is 17.6. The molecule has 0 aliphatic carbocycles. The number of halogens is 3. The minimum absolute atomic E-state index is 0.0670. The third-order valence-corrected chi connectivity index (χ3v) is 2.48. The Morgan fingerprint density at radius 1 is 1.32 bits per heavy atom. The number of nitrogens with zero attached hydrogens (tertiary/aromatic N) is 1. The zero-order valence-electron chi connectivity index (χ0n) is 9.78. The lowest BCUT2D eigenvalue weighted by Crippen LogP contribution is -2.11. The van der Waals surface area contributed by atoms with E-state index >= 15 is 0 Å². The van der Waals surface area contributed by atoms with Gasteiger partial charge < -0.3 is 9.72 Å². The van der Waals surface area contributed by atoms with Gasteiger partial charge in [0.1, 0.15) is 5.69 Å². The number of nitrogens with one attached hydrogen (secondary N) is 1. The number of alkyl halides is 3. The van der Waals surface area contributed by atoms with Gasteiger partial charge >= 0.3 is 6.18 Å². The van der Waals surface area contributed by atoms with Gasteiger partial charge in [0.25, 0.3) is 5.56 Å². The first-order chi connectivity index (χ1) is 8.93. The average molecular weight is 270 g/mol. The maximum atomic E-state index is 12.6. The lowest BCUT2D eigenvalue weighted by atomic mass is 10.1. The van der Waals surface area contributed by atoms with Crippen LogP contribution in [0.4, 0.5) is 13.2 Å². The van der Waals surface area contributed by atoms with E-state index in [1.165, 1.54) is 19.2 Å². The van der Waals surface area contributed by atoms with Crippen molar-refractivity contribution in [1.29, 1.82) is 0 Å². The molecule has 0 radical (unpaired) electrons. The van der Waals surface area contributed by atoms with E-state index in [9.17, 15) is 18.0 Å². The van der Waals surface area contributed by atoms with Crippen molar-refractivity contribution in [2.24, 2.45) is 0 Å². The Balaban J connectivity index is 2.60. The highest BCUT2D eigenvalue weighted by atomic mass is 19.4. The van der Waals surface area contributed by atoms with Gasteiger partial charge in [0, 0.05) is 5.56 Å². The predicted molar refractivity (Wildman–Crippen MR) is 61.8 cm³/mol. The molecule has 1 aromatic heterocycles. The molecule has 0 saturated heterocycles. The van der Waals surface area contributed by atoms with Gasteiger partial charge in [0.05, 0.1) is 19.0 Å². The summed E-state index contributed by atoms with van der Waals surface area (Å²) in [7, 11) is 1.25. The molecule has 2 rings (SSSR count). The highest BCUT2D eigenvalue weighted by Gasteiger charge is 2.30. The number of hydrogen-bond donors (Lipinski definition) is 1. The molecular formula is C12H9F3N2O2. The van der Waals surface area contributed by atoms with Crippen molar-refractivity contribution in [2.45, 2.75) is 6.18 Å². The number of benzene rings is 1. The van der Waals surface area contributed by atoms with Crippen LogP contribution in [0.5, 0.6) is 5.75 Å². The van der Waals surface area contributed by atoms with Crippen LogP contribution < -0.4 is 10.3 Å². The SMILES string of the molecule is COc1c(-c2cccc(C(F)(F)F)c2)nc[nH]c1=O. The van der Waals surface area contributed by atoms with E-state index in [-0.39, 0.29) is 17.0 Å². The molecule has 1 N–H and O–H groups in total. The average Bonchev–Trinajstić information content (AvgIpc) is 2.37. The Morgan fingerprint density at radius 2 is 2.05 bits per heavy atom. The highest BCUT2D eigenvalue weighted by Crippen LogP contribution is 2.33. The van der Waals surface area contributed by atoms with Crippen molar-refractivity contribution < 1.29 is 17.9 Å². The molecule has 0 bridgehead atoms. The molecule has 2 aromatic rings. The second-order valence-electron chi connectivity index (χ2n) is 3.69. The molecular weight excluding hydrogens is 261 g/mol. The Labute approximate surface area is 105 Å². The monoisotopic (exact) mass is 270 g/mol. The molecule has 1 heterocycles.